The molecule has 5 heteroatoms. The van der Waals surface area contributed by atoms with E-state index < -0.39 is 8.07 Å². The minimum Gasteiger partial charge on any atom is -0.501 e. The third-order valence-electron chi connectivity index (χ3n) is 7.04. The smallest absolute Gasteiger partial charge is 0.120 e. The monoisotopic (exact) mass is 703 g/mol. The average molecular weight is 703 g/mol. The Kier molecular flexibility index (Phi) is 7.95. The van der Waals surface area contributed by atoms with Crippen LogP contribution in [0.25, 0.3) is 44.5 Å². The second-order valence-corrected chi connectivity index (χ2v) is 16.0. The molecule has 3 heterocycles. The number of benzene rings is 3. The van der Waals surface area contributed by atoms with Gasteiger partial charge < -0.3 is 14.4 Å². The van der Waals surface area contributed by atoms with E-state index in [1.807, 2.05) is 54.7 Å². The number of rotatable bonds is 4. The van der Waals surface area contributed by atoms with Crippen molar-refractivity contribution in [1.82, 2.24) is 9.97 Å². The molecule has 0 aliphatic heterocycles. The summed E-state index contributed by atoms with van der Waals surface area (Å²) in [5.41, 5.74) is 7.11. The molecule has 0 spiro atoms. The van der Waals surface area contributed by atoms with Gasteiger partial charge >= 0.3 is 0 Å². The second kappa shape index (κ2) is 11.4. The predicted octanol–water partition coefficient (Wildman–Crippen LogP) is 8.42. The predicted molar refractivity (Wildman–Crippen MR) is 159 cm³/mol. The summed E-state index contributed by atoms with van der Waals surface area (Å²) in [6.07, 6.45) is 6.40. The Morgan fingerprint density at radius 1 is 0.795 bits per heavy atom. The van der Waals surface area contributed by atoms with E-state index in [-0.39, 0.29) is 20.1 Å². The molecule has 1 aliphatic carbocycles. The van der Waals surface area contributed by atoms with Crippen molar-refractivity contribution in [1.29, 1.82) is 0 Å². The number of fused-ring (bicyclic) bond motifs is 3. The van der Waals surface area contributed by atoms with Gasteiger partial charge in [-0.1, -0.05) is 72.2 Å². The molecule has 0 amide bonds. The topological polar surface area (TPSA) is 38.9 Å². The Bertz CT molecular complexity index is 1650. The Labute approximate surface area is 244 Å². The largest absolute Gasteiger partial charge is 0.501 e. The summed E-state index contributed by atoms with van der Waals surface area (Å²) in [7, 11) is -1.37. The first-order chi connectivity index (χ1) is 18.5. The van der Waals surface area contributed by atoms with Crippen LogP contribution in [0.4, 0.5) is 0 Å². The van der Waals surface area contributed by atoms with Gasteiger partial charge in [-0.3, -0.25) is 0 Å². The summed E-state index contributed by atoms with van der Waals surface area (Å²) in [6.45, 7) is 7.09. The number of furan rings is 1. The van der Waals surface area contributed by atoms with Crippen LogP contribution < -0.4 is 5.19 Å². The van der Waals surface area contributed by atoms with Gasteiger partial charge in [0.2, 0.25) is 0 Å². The van der Waals surface area contributed by atoms with Crippen molar-refractivity contribution in [2.24, 2.45) is 0 Å². The molecule has 0 bridgehead atoms. The van der Waals surface area contributed by atoms with Crippen LogP contribution >= 0.6 is 0 Å². The molecular formula is C34H30IrN2OSi-2. The van der Waals surface area contributed by atoms with Gasteiger partial charge in [0.15, 0.2) is 0 Å². The van der Waals surface area contributed by atoms with E-state index >= 15 is 0 Å². The number of aromatic nitrogens is 2. The van der Waals surface area contributed by atoms with Gasteiger partial charge in [0.1, 0.15) is 5.58 Å². The first-order valence-electron chi connectivity index (χ1n) is 13.2. The van der Waals surface area contributed by atoms with Crippen LogP contribution in [0.5, 0.6) is 0 Å². The molecule has 7 rings (SSSR count). The van der Waals surface area contributed by atoms with E-state index in [1.54, 1.807) is 6.20 Å². The third-order valence-corrected chi connectivity index (χ3v) is 9.08. The number of hydrogen-bond donors (Lipinski definition) is 0. The van der Waals surface area contributed by atoms with Crippen LogP contribution in [0.1, 0.15) is 24.3 Å². The van der Waals surface area contributed by atoms with Crippen molar-refractivity contribution in [2.45, 2.75) is 38.4 Å². The van der Waals surface area contributed by atoms with Gasteiger partial charge in [-0.15, -0.1) is 54.1 Å². The maximum Gasteiger partial charge on any atom is 0.120 e. The van der Waals surface area contributed by atoms with E-state index in [0.717, 1.165) is 45.0 Å². The normalized spacial score (nSPS) is 13.0. The van der Waals surface area contributed by atoms with E-state index in [2.05, 4.69) is 73.2 Å². The second-order valence-electron chi connectivity index (χ2n) is 10.9. The molecule has 0 unspecified atom stereocenters. The zero-order valence-corrected chi connectivity index (χ0v) is 25.8. The first-order valence-corrected chi connectivity index (χ1v) is 16.7. The fraction of sp³-hybridized carbons (Fsp3) is 0.176. The van der Waals surface area contributed by atoms with Crippen LogP contribution in [0.2, 0.25) is 19.6 Å². The molecule has 197 valence electrons. The fourth-order valence-corrected chi connectivity index (χ4v) is 5.83. The van der Waals surface area contributed by atoms with Crippen molar-refractivity contribution in [2.75, 3.05) is 0 Å². The molecule has 39 heavy (non-hydrogen) atoms. The maximum atomic E-state index is 6.31. The van der Waals surface area contributed by atoms with Crippen molar-refractivity contribution in [3.8, 4) is 22.5 Å². The summed E-state index contributed by atoms with van der Waals surface area (Å²) in [5.74, 6) is 0.725. The molecule has 3 nitrogen and oxygen atoms in total. The van der Waals surface area contributed by atoms with Crippen molar-refractivity contribution < 1.29 is 24.5 Å². The molecule has 1 fully saturated rings. The van der Waals surface area contributed by atoms with E-state index in [1.165, 1.54) is 29.0 Å². The average Bonchev–Trinajstić information content (AvgIpc) is 3.74. The maximum absolute atomic E-state index is 6.31. The molecule has 0 saturated heterocycles. The summed E-state index contributed by atoms with van der Waals surface area (Å²) in [6, 6.07) is 35.3. The van der Waals surface area contributed by atoms with Crippen molar-refractivity contribution in [3.63, 3.8) is 0 Å². The summed E-state index contributed by atoms with van der Waals surface area (Å²) in [5, 5.41) is 3.73. The van der Waals surface area contributed by atoms with Gasteiger partial charge in [-0.25, -0.2) is 0 Å². The molecule has 0 atom stereocenters. The summed E-state index contributed by atoms with van der Waals surface area (Å²) < 4.78 is 6.31. The van der Waals surface area contributed by atoms with Gasteiger partial charge in [0.05, 0.1) is 13.7 Å². The molecule has 3 aromatic heterocycles. The number of hydrogen-bond acceptors (Lipinski definition) is 3. The van der Waals surface area contributed by atoms with Gasteiger partial charge in [-0.05, 0) is 47.8 Å². The minimum atomic E-state index is -1.37. The van der Waals surface area contributed by atoms with Crippen LogP contribution in [0.15, 0.2) is 102 Å². The van der Waals surface area contributed by atoms with Gasteiger partial charge in [0, 0.05) is 37.9 Å². The van der Waals surface area contributed by atoms with Crippen LogP contribution in [0, 0.1) is 12.1 Å². The van der Waals surface area contributed by atoms with E-state index in [0.29, 0.717) is 0 Å². The Morgan fingerprint density at radius 3 is 2.31 bits per heavy atom. The SMILES string of the molecule is C[Si](C)(C)c1ccc2c(c1)oc1c(-c3ccc(C4CC4)cn3)[c-]ccc12.[Ir].[c-]1ccccc1-c1ccccn1. The Morgan fingerprint density at radius 2 is 1.64 bits per heavy atom. The zero-order chi connectivity index (χ0) is 26.1. The van der Waals surface area contributed by atoms with Crippen LogP contribution in [-0.2, 0) is 20.1 Å². The first kappa shape index (κ1) is 27.2. The fourth-order valence-electron chi connectivity index (χ4n) is 4.68. The van der Waals surface area contributed by atoms with Crippen molar-refractivity contribution in [3.05, 3.63) is 115 Å². The molecule has 1 radical (unpaired) electrons. The van der Waals surface area contributed by atoms with E-state index in [9.17, 15) is 0 Å². The quantitative estimate of drug-likeness (QED) is 0.137. The number of pyridine rings is 2. The summed E-state index contributed by atoms with van der Waals surface area (Å²) in [4.78, 5) is 8.92. The minimum absolute atomic E-state index is 0. The zero-order valence-electron chi connectivity index (χ0n) is 22.4. The Hall–Kier alpha value is -3.37. The van der Waals surface area contributed by atoms with Crippen molar-refractivity contribution >= 4 is 35.2 Å². The Balaban J connectivity index is 0.000000200. The molecule has 0 N–H and O–H groups in total. The summed E-state index contributed by atoms with van der Waals surface area (Å²) >= 11 is 0. The van der Waals surface area contributed by atoms with E-state index in [4.69, 9.17) is 9.40 Å². The van der Waals surface area contributed by atoms with Gasteiger partial charge in [0.25, 0.3) is 0 Å². The molecule has 6 aromatic rings. The standard InChI is InChI=1S/C23H22NOSi.C11H8N.Ir/c1-26(2,3)17-10-11-18-19-5-4-6-20(23(19)25-22(18)13-17)21-12-9-16(14-24-21)15-7-8-15;1-2-6-10(7-3-1)11-8-4-5-9-12-11;/h4-5,9-15H,7-8H2,1-3H3;1-6,8-9H;/q2*-1;. The third kappa shape index (κ3) is 5.96. The molecule has 3 aromatic carbocycles. The molecular weight excluding hydrogens is 673 g/mol. The van der Waals surface area contributed by atoms with Crippen LogP contribution in [-0.4, -0.2) is 18.0 Å². The van der Waals surface area contributed by atoms with Gasteiger partial charge in [-0.2, -0.15) is 0 Å². The molecule has 1 aliphatic rings. The number of nitrogens with zero attached hydrogens (tertiary/aromatic N) is 2. The molecule has 1 saturated carbocycles. The van der Waals surface area contributed by atoms with Crippen LogP contribution in [0.3, 0.4) is 0 Å².